The van der Waals surface area contributed by atoms with E-state index in [0.29, 0.717) is 34.5 Å². The minimum Gasteiger partial charge on any atom is -0.493 e. The zero-order chi connectivity index (χ0) is 24.9. The maximum Gasteiger partial charge on any atom is 0.519 e. The van der Waals surface area contributed by atoms with Gasteiger partial charge < -0.3 is 32.0 Å². The van der Waals surface area contributed by atoms with Gasteiger partial charge in [0, 0.05) is 5.69 Å². The van der Waals surface area contributed by atoms with Crippen LogP contribution in [0, 0.1) is 13.8 Å². The molecule has 9 heteroatoms. The third kappa shape index (κ3) is 5.57. The normalized spacial score (nSPS) is 11.2. The second-order valence-corrected chi connectivity index (χ2v) is 7.76. The smallest absolute Gasteiger partial charge is 0.493 e. The lowest BCUT2D eigenvalue weighted by atomic mass is 10.1. The van der Waals surface area contributed by atoms with Gasteiger partial charge in [0.05, 0.1) is 27.3 Å². The van der Waals surface area contributed by atoms with E-state index in [4.69, 9.17) is 27.1 Å². The van der Waals surface area contributed by atoms with Gasteiger partial charge in [0.2, 0.25) is 0 Å². The van der Waals surface area contributed by atoms with Crippen molar-refractivity contribution in [3.05, 3.63) is 97.9 Å². The number of hydrogen-bond acceptors (Lipinski definition) is 9. The molecule has 0 saturated heterocycles. The second kappa shape index (κ2) is 10.3. The minimum absolute atomic E-state index is 0.229. The fourth-order valence-electron chi connectivity index (χ4n) is 3.57. The molecule has 9 nitrogen and oxygen atoms in total. The lowest BCUT2D eigenvalue weighted by molar-refractivity contribution is 0.355. The summed E-state index contributed by atoms with van der Waals surface area (Å²) in [5, 5.41) is 0. The molecule has 0 fully saturated rings. The summed E-state index contributed by atoms with van der Waals surface area (Å²) >= 11 is 0. The summed E-state index contributed by atoms with van der Waals surface area (Å²) in [6.07, 6.45) is 3.95. The molecule has 0 radical (unpaired) electrons. The molecular weight excluding hydrogens is 454 g/mol. The molecule has 0 aliphatic rings. The molecule has 0 spiro atoms. The second-order valence-electron chi connectivity index (χ2n) is 7.76. The van der Waals surface area contributed by atoms with Crippen LogP contribution < -0.4 is 26.0 Å². The van der Waals surface area contributed by atoms with E-state index in [1.165, 1.54) is 0 Å². The van der Waals surface area contributed by atoms with Crippen LogP contribution >= 0.6 is 0 Å². The summed E-state index contributed by atoms with van der Waals surface area (Å²) < 4.78 is 31.0. The first-order chi connectivity index (χ1) is 16.9. The number of ether oxygens (including phenoxy) is 2. The molecule has 0 unspecified atom stereocenters. The molecule has 0 amide bonds. The predicted molar refractivity (Wildman–Crippen MR) is 129 cm³/mol. The molecule has 0 aliphatic heterocycles. The first-order valence-corrected chi connectivity index (χ1v) is 10.8. The van der Waals surface area contributed by atoms with Gasteiger partial charge in [-0.05, 0) is 49.2 Å². The van der Waals surface area contributed by atoms with Crippen LogP contribution in [0.2, 0.25) is 0 Å². The molecule has 182 valence electrons. The van der Waals surface area contributed by atoms with Crippen LogP contribution in [0.25, 0.3) is 12.2 Å². The van der Waals surface area contributed by atoms with Crippen LogP contribution in [0.3, 0.4) is 0 Å². The largest absolute Gasteiger partial charge is 0.519 e. The van der Waals surface area contributed by atoms with Crippen molar-refractivity contribution in [1.82, 2.24) is 0 Å². The Morgan fingerprint density at radius 3 is 1.71 bits per heavy atom. The molecule has 0 atom stereocenters. The van der Waals surface area contributed by atoms with Gasteiger partial charge in [-0.15, -0.1) is 0 Å². The summed E-state index contributed by atoms with van der Waals surface area (Å²) in [7, 11) is 3.20. The van der Waals surface area contributed by atoms with Gasteiger partial charge in [-0.25, -0.2) is 9.59 Å². The van der Waals surface area contributed by atoms with Gasteiger partial charge in [-0.2, -0.15) is 0 Å². The van der Waals surface area contributed by atoms with Crippen LogP contribution in [-0.4, -0.2) is 14.2 Å². The van der Waals surface area contributed by atoms with Crippen molar-refractivity contribution in [2.24, 2.45) is 0 Å². The lowest BCUT2D eigenvalue weighted by Crippen LogP contribution is -2.22. The zero-order valence-electron chi connectivity index (χ0n) is 19.8. The van der Waals surface area contributed by atoms with Gasteiger partial charge >= 0.3 is 11.6 Å². The Morgan fingerprint density at radius 2 is 1.23 bits per heavy atom. The predicted octanol–water partition coefficient (Wildman–Crippen LogP) is 4.79. The number of anilines is 1. The summed E-state index contributed by atoms with van der Waals surface area (Å²) in [4.78, 5) is 24.9. The Bertz CT molecular complexity index is 1380. The van der Waals surface area contributed by atoms with Crippen LogP contribution in [0.5, 0.6) is 11.5 Å². The van der Waals surface area contributed by atoms with E-state index in [-0.39, 0.29) is 13.1 Å². The van der Waals surface area contributed by atoms with Crippen molar-refractivity contribution in [2.45, 2.75) is 26.9 Å². The standard InChI is InChI=1S/C26H25NO8/c1-16-23(34-25(28)32-16)14-27(15-24-17(2)33-26(29)35-24)20-10-7-18(8-11-20)5-6-19-9-12-21(30-3)22(13-19)31-4/h5-13H,14-15H2,1-4H3/b6-5+. The van der Waals surface area contributed by atoms with Crippen molar-refractivity contribution >= 4 is 17.8 Å². The molecule has 0 aliphatic carbocycles. The molecule has 0 bridgehead atoms. The molecule has 0 saturated carbocycles. The SMILES string of the molecule is COc1ccc(/C=C/c2ccc(N(Cc3oc(=O)oc3C)Cc3oc(=O)oc3C)cc2)cc1OC. The number of benzene rings is 2. The Hall–Kier alpha value is -4.40. The maximum absolute atomic E-state index is 11.5. The number of aryl methyl sites for hydroxylation is 2. The molecule has 2 heterocycles. The molecule has 2 aromatic carbocycles. The average molecular weight is 479 g/mol. The number of nitrogens with zero attached hydrogens (tertiary/aromatic N) is 1. The summed E-state index contributed by atoms with van der Waals surface area (Å²) in [6, 6.07) is 13.5. The molecule has 35 heavy (non-hydrogen) atoms. The molecule has 4 rings (SSSR count). The van der Waals surface area contributed by atoms with Crippen molar-refractivity contribution in [1.29, 1.82) is 0 Å². The van der Waals surface area contributed by atoms with Crippen molar-refractivity contribution in [3.8, 4) is 11.5 Å². The van der Waals surface area contributed by atoms with Crippen molar-refractivity contribution < 1.29 is 27.1 Å². The minimum atomic E-state index is -0.765. The highest BCUT2D eigenvalue weighted by molar-refractivity contribution is 5.71. The molecule has 0 N–H and O–H groups in total. The lowest BCUT2D eigenvalue weighted by Gasteiger charge is -2.22. The zero-order valence-corrected chi connectivity index (χ0v) is 19.8. The fraction of sp³-hybridized carbons (Fsp3) is 0.231. The van der Waals surface area contributed by atoms with Gasteiger partial charge in [-0.3, -0.25) is 0 Å². The van der Waals surface area contributed by atoms with E-state index in [1.54, 1.807) is 28.1 Å². The first kappa shape index (κ1) is 23.7. The Balaban J connectivity index is 1.57. The summed E-state index contributed by atoms with van der Waals surface area (Å²) in [6.45, 7) is 3.77. The van der Waals surface area contributed by atoms with E-state index in [1.807, 2.05) is 59.5 Å². The van der Waals surface area contributed by atoms with Crippen LogP contribution in [0.4, 0.5) is 5.69 Å². The van der Waals surface area contributed by atoms with Crippen LogP contribution in [0.1, 0.15) is 34.2 Å². The Morgan fingerprint density at radius 1 is 0.714 bits per heavy atom. The quantitative estimate of drug-likeness (QED) is 0.313. The van der Waals surface area contributed by atoms with Crippen LogP contribution in [0.15, 0.2) is 69.7 Å². The van der Waals surface area contributed by atoms with E-state index in [2.05, 4.69) is 0 Å². The molecule has 2 aromatic heterocycles. The number of rotatable bonds is 9. The third-order valence-corrected chi connectivity index (χ3v) is 5.47. The van der Waals surface area contributed by atoms with Gasteiger partial charge in [0.1, 0.15) is 11.5 Å². The van der Waals surface area contributed by atoms with Crippen molar-refractivity contribution in [3.63, 3.8) is 0 Å². The van der Waals surface area contributed by atoms with Crippen LogP contribution in [-0.2, 0) is 13.1 Å². The van der Waals surface area contributed by atoms with E-state index in [0.717, 1.165) is 16.8 Å². The van der Waals surface area contributed by atoms with E-state index in [9.17, 15) is 9.59 Å². The highest BCUT2D eigenvalue weighted by Crippen LogP contribution is 2.28. The Kier molecular flexibility index (Phi) is 6.96. The number of methoxy groups -OCH3 is 2. The Labute approximate surface area is 200 Å². The third-order valence-electron chi connectivity index (χ3n) is 5.47. The highest BCUT2D eigenvalue weighted by atomic mass is 16.6. The average Bonchev–Trinajstić information content (AvgIpc) is 3.35. The first-order valence-electron chi connectivity index (χ1n) is 10.8. The monoisotopic (exact) mass is 479 g/mol. The van der Waals surface area contributed by atoms with Gasteiger partial charge in [0.25, 0.3) is 0 Å². The topological polar surface area (TPSA) is 108 Å². The molecule has 4 aromatic rings. The van der Waals surface area contributed by atoms with E-state index < -0.39 is 11.6 Å². The maximum atomic E-state index is 11.5. The fourth-order valence-corrected chi connectivity index (χ4v) is 3.57. The molecular formula is C26H25NO8. The van der Waals surface area contributed by atoms with Gasteiger partial charge in [0.15, 0.2) is 23.0 Å². The van der Waals surface area contributed by atoms with Gasteiger partial charge in [-0.1, -0.05) is 30.4 Å². The van der Waals surface area contributed by atoms with E-state index >= 15 is 0 Å². The summed E-state index contributed by atoms with van der Waals surface area (Å²) in [5.74, 6) is 1.34. The van der Waals surface area contributed by atoms with Crippen molar-refractivity contribution in [2.75, 3.05) is 19.1 Å². The highest BCUT2D eigenvalue weighted by Gasteiger charge is 2.19. The number of hydrogen-bond donors (Lipinski definition) is 0. The summed E-state index contributed by atoms with van der Waals surface area (Å²) in [5.41, 5.74) is 2.75.